The first-order chi connectivity index (χ1) is 9.13. The molecule has 1 aliphatic rings. The van der Waals surface area contributed by atoms with E-state index in [9.17, 15) is 4.79 Å². The van der Waals surface area contributed by atoms with E-state index in [1.54, 1.807) is 7.05 Å². The van der Waals surface area contributed by atoms with E-state index < -0.39 is 6.09 Å². The van der Waals surface area contributed by atoms with E-state index in [0.717, 1.165) is 25.4 Å². The minimum absolute atomic E-state index is 0.668. The summed E-state index contributed by atoms with van der Waals surface area (Å²) >= 11 is 0. The van der Waals surface area contributed by atoms with Crippen molar-refractivity contribution in [2.24, 2.45) is 11.8 Å². The molecule has 4 nitrogen and oxygen atoms in total. The summed E-state index contributed by atoms with van der Waals surface area (Å²) in [6, 6.07) is 0. The van der Waals surface area contributed by atoms with Gasteiger partial charge in [-0.25, -0.2) is 4.79 Å². The van der Waals surface area contributed by atoms with Crippen molar-refractivity contribution in [3.8, 4) is 0 Å². The Labute approximate surface area is 116 Å². The van der Waals surface area contributed by atoms with Crippen molar-refractivity contribution in [3.63, 3.8) is 0 Å². The number of likely N-dealkylation sites (N-methyl/N-ethyl adjacent to an activating group) is 1. The van der Waals surface area contributed by atoms with Crippen LogP contribution in [0.2, 0.25) is 0 Å². The van der Waals surface area contributed by atoms with Crippen molar-refractivity contribution in [3.05, 3.63) is 12.2 Å². The van der Waals surface area contributed by atoms with Crippen molar-refractivity contribution in [2.45, 2.75) is 39.0 Å². The van der Waals surface area contributed by atoms with Crippen LogP contribution in [0.15, 0.2) is 12.2 Å². The summed E-state index contributed by atoms with van der Waals surface area (Å²) in [4.78, 5) is 12.1. The summed E-state index contributed by atoms with van der Waals surface area (Å²) in [5.41, 5.74) is 0. The number of nitrogens with zero attached hydrogens (tertiary/aromatic N) is 1. The topological polar surface area (TPSA) is 52.6 Å². The Morgan fingerprint density at radius 2 is 2.05 bits per heavy atom. The second-order valence-electron chi connectivity index (χ2n) is 5.51. The standard InChI is InChI=1S/C15H28N2O2/c1-3-16-11-4-5-13-6-8-14(9-7-13)10-12-17(2)15(18)19/h4-5,13-14,16H,3,6-12H2,1-2H3,(H,18,19)/b5-4+. The third-order valence-electron chi connectivity index (χ3n) is 4.01. The maximum atomic E-state index is 10.7. The van der Waals surface area contributed by atoms with Crippen LogP contribution >= 0.6 is 0 Å². The van der Waals surface area contributed by atoms with Crippen LogP contribution in [0.25, 0.3) is 0 Å². The van der Waals surface area contributed by atoms with Crippen LogP contribution in [0.4, 0.5) is 4.79 Å². The van der Waals surface area contributed by atoms with Gasteiger partial charge in [0.05, 0.1) is 0 Å². The number of hydrogen-bond donors (Lipinski definition) is 2. The molecule has 1 amide bonds. The zero-order valence-electron chi connectivity index (χ0n) is 12.3. The Balaban J connectivity index is 2.14. The average molecular weight is 268 g/mol. The van der Waals surface area contributed by atoms with Gasteiger partial charge in [0.15, 0.2) is 0 Å². The third-order valence-corrected chi connectivity index (χ3v) is 4.01. The van der Waals surface area contributed by atoms with Crippen molar-refractivity contribution in [2.75, 3.05) is 26.7 Å². The molecule has 0 heterocycles. The highest BCUT2D eigenvalue weighted by atomic mass is 16.4. The lowest BCUT2D eigenvalue weighted by atomic mass is 9.80. The van der Waals surface area contributed by atoms with Gasteiger partial charge in [-0.1, -0.05) is 19.1 Å². The van der Waals surface area contributed by atoms with Gasteiger partial charge in [-0.15, -0.1) is 0 Å². The molecule has 0 aromatic carbocycles. The van der Waals surface area contributed by atoms with E-state index in [0.29, 0.717) is 12.5 Å². The lowest BCUT2D eigenvalue weighted by Gasteiger charge is -2.27. The average Bonchev–Trinajstić information content (AvgIpc) is 2.42. The highest BCUT2D eigenvalue weighted by molar-refractivity contribution is 5.64. The third kappa shape index (κ3) is 6.62. The number of allylic oxidation sites excluding steroid dienone is 1. The van der Waals surface area contributed by atoms with Crippen LogP contribution in [0, 0.1) is 11.8 Å². The maximum Gasteiger partial charge on any atom is 0.407 e. The van der Waals surface area contributed by atoms with Crippen LogP contribution in [-0.4, -0.2) is 42.8 Å². The Hall–Kier alpha value is -1.03. The minimum Gasteiger partial charge on any atom is -0.465 e. The molecule has 2 N–H and O–H groups in total. The first kappa shape index (κ1) is 16.0. The Bertz CT molecular complexity index is 284. The molecule has 0 bridgehead atoms. The maximum absolute atomic E-state index is 10.7. The number of carboxylic acid groups (broad SMARTS) is 1. The minimum atomic E-state index is -0.819. The fourth-order valence-corrected chi connectivity index (χ4v) is 2.63. The Kier molecular flexibility index (Phi) is 7.56. The van der Waals surface area contributed by atoms with Gasteiger partial charge in [0.25, 0.3) is 0 Å². The molecule has 0 atom stereocenters. The predicted octanol–water partition coefficient (Wildman–Crippen LogP) is 2.96. The number of rotatable bonds is 7. The lowest BCUT2D eigenvalue weighted by molar-refractivity contribution is 0.150. The van der Waals surface area contributed by atoms with Crippen LogP contribution in [0.3, 0.4) is 0 Å². The second-order valence-corrected chi connectivity index (χ2v) is 5.51. The monoisotopic (exact) mass is 268 g/mol. The quantitative estimate of drug-likeness (QED) is 0.551. The number of carbonyl (C=O) groups is 1. The number of nitrogens with one attached hydrogen (secondary N) is 1. The largest absolute Gasteiger partial charge is 0.465 e. The smallest absolute Gasteiger partial charge is 0.407 e. The Morgan fingerprint density at radius 3 is 2.63 bits per heavy atom. The molecule has 1 aliphatic carbocycles. The molecule has 4 heteroatoms. The van der Waals surface area contributed by atoms with Crippen LogP contribution in [-0.2, 0) is 0 Å². The zero-order valence-corrected chi connectivity index (χ0v) is 12.3. The molecule has 0 aliphatic heterocycles. The van der Waals surface area contributed by atoms with Gasteiger partial charge in [0, 0.05) is 20.1 Å². The van der Waals surface area contributed by atoms with E-state index in [-0.39, 0.29) is 0 Å². The molecule has 1 fully saturated rings. The Morgan fingerprint density at radius 1 is 1.37 bits per heavy atom. The van der Waals surface area contributed by atoms with Crippen molar-refractivity contribution >= 4 is 6.09 Å². The van der Waals surface area contributed by atoms with Gasteiger partial charge < -0.3 is 15.3 Å². The molecule has 19 heavy (non-hydrogen) atoms. The van der Waals surface area contributed by atoms with Crippen molar-refractivity contribution < 1.29 is 9.90 Å². The molecule has 0 spiro atoms. The summed E-state index contributed by atoms with van der Waals surface area (Å²) in [6.45, 7) is 4.78. The van der Waals surface area contributed by atoms with Gasteiger partial charge in [0.2, 0.25) is 0 Å². The fraction of sp³-hybridized carbons (Fsp3) is 0.800. The summed E-state index contributed by atoms with van der Waals surface area (Å²) in [5.74, 6) is 1.44. The molecule has 110 valence electrons. The summed E-state index contributed by atoms with van der Waals surface area (Å²) in [7, 11) is 1.65. The summed E-state index contributed by atoms with van der Waals surface area (Å²) < 4.78 is 0. The van der Waals surface area contributed by atoms with Gasteiger partial charge in [0.1, 0.15) is 0 Å². The SMILES string of the molecule is CCNC/C=C/C1CCC(CCN(C)C(=O)O)CC1. The molecular formula is C15H28N2O2. The van der Waals surface area contributed by atoms with E-state index >= 15 is 0 Å². The van der Waals surface area contributed by atoms with Crippen molar-refractivity contribution in [1.29, 1.82) is 0 Å². The number of hydrogen-bond acceptors (Lipinski definition) is 2. The molecule has 0 saturated heterocycles. The molecule has 0 aromatic heterocycles. The lowest BCUT2D eigenvalue weighted by Crippen LogP contribution is -2.28. The molecule has 0 aromatic rings. The molecule has 1 rings (SSSR count). The van der Waals surface area contributed by atoms with Crippen LogP contribution in [0.1, 0.15) is 39.0 Å². The number of amides is 1. The van der Waals surface area contributed by atoms with E-state index in [4.69, 9.17) is 5.11 Å². The summed E-state index contributed by atoms with van der Waals surface area (Å²) in [6.07, 6.45) is 9.77. The van der Waals surface area contributed by atoms with E-state index in [2.05, 4.69) is 24.4 Å². The van der Waals surface area contributed by atoms with E-state index in [1.807, 2.05) is 0 Å². The molecule has 0 unspecified atom stereocenters. The second kappa shape index (κ2) is 8.97. The van der Waals surface area contributed by atoms with Crippen molar-refractivity contribution in [1.82, 2.24) is 10.2 Å². The first-order valence-corrected chi connectivity index (χ1v) is 7.45. The molecule has 0 radical (unpaired) electrons. The summed E-state index contributed by atoms with van der Waals surface area (Å²) in [5, 5.41) is 12.1. The van der Waals surface area contributed by atoms with Gasteiger partial charge >= 0.3 is 6.09 Å². The first-order valence-electron chi connectivity index (χ1n) is 7.45. The molecule has 1 saturated carbocycles. The highest BCUT2D eigenvalue weighted by Gasteiger charge is 2.20. The van der Waals surface area contributed by atoms with Gasteiger partial charge in [-0.3, -0.25) is 0 Å². The van der Waals surface area contributed by atoms with Gasteiger partial charge in [-0.2, -0.15) is 0 Å². The fourth-order valence-electron chi connectivity index (χ4n) is 2.63. The predicted molar refractivity (Wildman–Crippen MR) is 78.4 cm³/mol. The van der Waals surface area contributed by atoms with Gasteiger partial charge in [-0.05, 0) is 50.5 Å². The van der Waals surface area contributed by atoms with Crippen LogP contribution in [0.5, 0.6) is 0 Å². The van der Waals surface area contributed by atoms with E-state index in [1.165, 1.54) is 30.6 Å². The highest BCUT2D eigenvalue weighted by Crippen LogP contribution is 2.31. The molecular weight excluding hydrogens is 240 g/mol. The van der Waals surface area contributed by atoms with Crippen LogP contribution < -0.4 is 5.32 Å². The normalized spacial score (nSPS) is 23.7. The zero-order chi connectivity index (χ0) is 14.1.